The minimum Gasteiger partial charge on any atom is -0.465 e. The van der Waals surface area contributed by atoms with Gasteiger partial charge < -0.3 is 15.8 Å². The molecule has 0 unspecified atom stereocenters. The summed E-state index contributed by atoms with van der Waals surface area (Å²) in [7, 11) is 1.36. The van der Waals surface area contributed by atoms with Crippen LogP contribution in [0.1, 0.15) is 50.4 Å². The zero-order chi connectivity index (χ0) is 14.5. The van der Waals surface area contributed by atoms with E-state index < -0.39 is 5.97 Å². The smallest absolute Gasteiger partial charge is 0.340 e. The molecule has 0 amide bonds. The molecule has 3 N–H and O–H groups in total. The van der Waals surface area contributed by atoms with Gasteiger partial charge in [0.2, 0.25) is 0 Å². The molecule has 0 heterocycles. The Morgan fingerprint density at radius 3 is 2.32 bits per heavy atom. The van der Waals surface area contributed by atoms with Crippen LogP contribution in [0.2, 0.25) is 0 Å². The monoisotopic (exact) mass is 264 g/mol. The molecule has 0 aliphatic heterocycles. The van der Waals surface area contributed by atoms with Gasteiger partial charge in [0.25, 0.3) is 0 Å². The summed E-state index contributed by atoms with van der Waals surface area (Å²) >= 11 is 0. The summed E-state index contributed by atoms with van der Waals surface area (Å²) in [6.45, 7) is 6.46. The molecule has 4 nitrogen and oxygen atoms in total. The Kier molecular flexibility index (Phi) is 5.21. The Morgan fingerprint density at radius 2 is 1.84 bits per heavy atom. The Labute approximate surface area is 115 Å². The highest BCUT2D eigenvalue weighted by Crippen LogP contribution is 2.30. The highest BCUT2D eigenvalue weighted by Gasteiger charge is 2.25. The molecule has 0 saturated heterocycles. The number of hydrogen-bond donors (Lipinski definition) is 2. The summed E-state index contributed by atoms with van der Waals surface area (Å²) in [6, 6.07) is 5.39. The summed E-state index contributed by atoms with van der Waals surface area (Å²) in [5.41, 5.74) is 7.74. The number of benzene rings is 1. The number of carbonyl (C=O) groups excluding carboxylic acids is 1. The molecule has 0 spiro atoms. The lowest BCUT2D eigenvalue weighted by Gasteiger charge is -2.33. The lowest BCUT2D eigenvalue weighted by atomic mass is 9.89. The lowest BCUT2D eigenvalue weighted by Crippen LogP contribution is -2.36. The van der Waals surface area contributed by atoms with Crippen LogP contribution in [0.15, 0.2) is 18.2 Å². The van der Waals surface area contributed by atoms with E-state index in [9.17, 15) is 4.79 Å². The number of nitrogens with one attached hydrogen (secondary N) is 1. The average molecular weight is 264 g/mol. The van der Waals surface area contributed by atoms with Gasteiger partial charge in [-0.1, -0.05) is 26.8 Å². The van der Waals surface area contributed by atoms with Gasteiger partial charge in [0.15, 0.2) is 0 Å². The van der Waals surface area contributed by atoms with Crippen molar-refractivity contribution < 1.29 is 9.53 Å². The zero-order valence-electron chi connectivity index (χ0n) is 12.2. The average Bonchev–Trinajstić information content (AvgIpc) is 2.46. The fourth-order valence-corrected chi connectivity index (χ4v) is 2.26. The van der Waals surface area contributed by atoms with Gasteiger partial charge in [-0.15, -0.1) is 0 Å². The molecule has 0 aliphatic carbocycles. The van der Waals surface area contributed by atoms with Gasteiger partial charge >= 0.3 is 5.97 Å². The fraction of sp³-hybridized carbons (Fsp3) is 0.533. The second-order valence-corrected chi connectivity index (χ2v) is 4.72. The van der Waals surface area contributed by atoms with Gasteiger partial charge in [0, 0.05) is 5.54 Å². The molecule has 0 saturated carbocycles. The van der Waals surface area contributed by atoms with E-state index in [0.29, 0.717) is 11.3 Å². The van der Waals surface area contributed by atoms with Crippen LogP contribution in [0.3, 0.4) is 0 Å². The Balaban J connectivity index is 3.12. The molecule has 1 aromatic carbocycles. The molecule has 1 rings (SSSR count). The van der Waals surface area contributed by atoms with Crippen LogP contribution in [-0.4, -0.2) is 18.6 Å². The molecule has 4 heteroatoms. The maximum atomic E-state index is 11.6. The minimum absolute atomic E-state index is 0.0167. The van der Waals surface area contributed by atoms with Crippen molar-refractivity contribution in [1.29, 1.82) is 0 Å². The molecule has 0 bridgehead atoms. The maximum Gasteiger partial charge on any atom is 0.340 e. The normalized spacial score (nSPS) is 11.2. The maximum absolute atomic E-state index is 11.6. The summed E-state index contributed by atoms with van der Waals surface area (Å²) in [4.78, 5) is 11.6. The summed E-state index contributed by atoms with van der Waals surface area (Å²) in [5, 5.41) is 3.50. The van der Waals surface area contributed by atoms with Crippen molar-refractivity contribution in [3.8, 4) is 0 Å². The van der Waals surface area contributed by atoms with E-state index >= 15 is 0 Å². The molecule has 0 aliphatic rings. The van der Waals surface area contributed by atoms with Crippen molar-refractivity contribution in [3.63, 3.8) is 0 Å². The van der Waals surface area contributed by atoms with E-state index in [1.807, 2.05) is 12.1 Å². The third kappa shape index (κ3) is 3.19. The van der Waals surface area contributed by atoms with Crippen LogP contribution in [0.25, 0.3) is 0 Å². The number of ether oxygens (including phenoxy) is 1. The number of methoxy groups -OCH3 is 1. The molecular weight excluding hydrogens is 240 g/mol. The summed E-state index contributed by atoms with van der Waals surface area (Å²) in [6.07, 6.45) is 3.01. The first-order valence-electron chi connectivity index (χ1n) is 6.78. The van der Waals surface area contributed by atoms with E-state index in [1.165, 1.54) is 7.11 Å². The Bertz CT molecular complexity index is 432. The molecule has 0 atom stereocenters. The predicted molar refractivity (Wildman–Crippen MR) is 79.4 cm³/mol. The number of nitrogens with two attached hydrogens (primary N) is 1. The number of para-hydroxylation sites is 1. The second kappa shape index (κ2) is 6.45. The molecule has 0 aromatic heterocycles. The third-order valence-corrected chi connectivity index (χ3v) is 3.94. The number of rotatable bonds is 6. The zero-order valence-corrected chi connectivity index (χ0v) is 12.2. The minimum atomic E-state index is -0.406. The van der Waals surface area contributed by atoms with Gasteiger partial charge in [-0.05, 0) is 31.4 Å². The van der Waals surface area contributed by atoms with E-state index in [0.717, 1.165) is 24.9 Å². The molecule has 1 aromatic rings. The topological polar surface area (TPSA) is 64.3 Å². The predicted octanol–water partition coefficient (Wildman–Crippen LogP) is 3.44. The summed E-state index contributed by atoms with van der Waals surface area (Å²) in [5.74, 6) is -0.406. The number of carbonyl (C=O) groups is 1. The van der Waals surface area contributed by atoms with Crippen LogP contribution in [-0.2, 0) is 4.74 Å². The second-order valence-electron chi connectivity index (χ2n) is 4.72. The van der Waals surface area contributed by atoms with E-state index in [2.05, 4.69) is 26.1 Å². The van der Waals surface area contributed by atoms with Crippen LogP contribution in [0, 0.1) is 0 Å². The van der Waals surface area contributed by atoms with Gasteiger partial charge in [0.1, 0.15) is 0 Å². The molecule has 0 fully saturated rings. The molecule has 19 heavy (non-hydrogen) atoms. The number of hydrogen-bond acceptors (Lipinski definition) is 4. The largest absolute Gasteiger partial charge is 0.465 e. The lowest BCUT2D eigenvalue weighted by molar-refractivity contribution is 0.0602. The van der Waals surface area contributed by atoms with Crippen LogP contribution < -0.4 is 11.1 Å². The first kappa shape index (κ1) is 15.3. The Morgan fingerprint density at radius 1 is 1.26 bits per heavy atom. The summed E-state index contributed by atoms with van der Waals surface area (Å²) < 4.78 is 4.73. The van der Waals surface area contributed by atoms with Crippen LogP contribution in [0.4, 0.5) is 11.4 Å². The van der Waals surface area contributed by atoms with Crippen molar-refractivity contribution in [3.05, 3.63) is 23.8 Å². The molecule has 106 valence electrons. The first-order chi connectivity index (χ1) is 9.03. The quantitative estimate of drug-likeness (QED) is 0.610. The number of esters is 1. The van der Waals surface area contributed by atoms with Gasteiger partial charge in [-0.3, -0.25) is 0 Å². The highest BCUT2D eigenvalue weighted by molar-refractivity contribution is 5.98. The van der Waals surface area contributed by atoms with Crippen LogP contribution >= 0.6 is 0 Å². The van der Waals surface area contributed by atoms with E-state index in [-0.39, 0.29) is 5.54 Å². The van der Waals surface area contributed by atoms with Crippen molar-refractivity contribution >= 4 is 17.3 Å². The van der Waals surface area contributed by atoms with Crippen molar-refractivity contribution in [1.82, 2.24) is 0 Å². The third-order valence-electron chi connectivity index (χ3n) is 3.94. The number of nitrogen functional groups attached to an aromatic ring is 1. The van der Waals surface area contributed by atoms with Crippen LogP contribution in [0.5, 0.6) is 0 Å². The Hall–Kier alpha value is -1.71. The standard InChI is InChI=1S/C15H24N2O2/c1-5-15(6-2,7-3)17-12-10-8-9-11(13(12)16)14(18)19-4/h8-10,17H,5-7,16H2,1-4H3. The highest BCUT2D eigenvalue weighted by atomic mass is 16.5. The van der Waals surface area contributed by atoms with Gasteiger partial charge in [0.05, 0.1) is 24.0 Å². The van der Waals surface area contributed by atoms with Gasteiger partial charge in [-0.2, -0.15) is 0 Å². The fourth-order valence-electron chi connectivity index (χ4n) is 2.26. The molecule has 0 radical (unpaired) electrons. The molecular formula is C15H24N2O2. The van der Waals surface area contributed by atoms with Crippen molar-refractivity contribution in [2.45, 2.75) is 45.6 Å². The number of anilines is 2. The van der Waals surface area contributed by atoms with Crippen molar-refractivity contribution in [2.24, 2.45) is 0 Å². The SMILES string of the molecule is CCC(CC)(CC)Nc1cccc(C(=O)OC)c1N. The van der Waals surface area contributed by atoms with E-state index in [4.69, 9.17) is 10.5 Å². The van der Waals surface area contributed by atoms with Crippen molar-refractivity contribution in [2.75, 3.05) is 18.2 Å². The van der Waals surface area contributed by atoms with E-state index in [1.54, 1.807) is 6.07 Å². The first-order valence-corrected chi connectivity index (χ1v) is 6.78. The van der Waals surface area contributed by atoms with Gasteiger partial charge in [-0.25, -0.2) is 4.79 Å².